The summed E-state index contributed by atoms with van der Waals surface area (Å²) in [6.07, 6.45) is 6.86. The number of anilines is 1. The van der Waals surface area contributed by atoms with Gasteiger partial charge in [-0.3, -0.25) is 9.69 Å². The van der Waals surface area contributed by atoms with Crippen molar-refractivity contribution in [3.8, 4) is 0 Å². The third kappa shape index (κ3) is 2.54. The fraction of sp³-hybridized carbons (Fsp3) is 0.667. The number of hydrogen-bond acceptors (Lipinski definition) is 3. The summed E-state index contributed by atoms with van der Waals surface area (Å²) in [4.78, 5) is 17.1. The minimum absolute atomic E-state index is 0.115. The first-order valence-electron chi connectivity index (χ1n) is 7.60. The van der Waals surface area contributed by atoms with Crippen LogP contribution in [-0.4, -0.2) is 52.5 Å². The largest absolute Gasteiger partial charge is 0.397 e. The van der Waals surface area contributed by atoms with E-state index in [0.29, 0.717) is 17.4 Å². The lowest BCUT2D eigenvalue weighted by molar-refractivity contribution is 0.0762. The predicted molar refractivity (Wildman–Crippen MR) is 79.6 cm³/mol. The van der Waals surface area contributed by atoms with Crippen LogP contribution in [0, 0.1) is 0 Å². The number of likely N-dealkylation sites (tertiary alicyclic amines) is 2. The Bertz CT molecular complexity index is 490. The molecule has 1 amide bonds. The van der Waals surface area contributed by atoms with E-state index in [0.717, 1.165) is 19.5 Å². The molecular formula is C15H24N4O. The van der Waals surface area contributed by atoms with E-state index >= 15 is 0 Å². The summed E-state index contributed by atoms with van der Waals surface area (Å²) < 4.78 is 1.83. The minimum Gasteiger partial charge on any atom is -0.397 e. The Labute approximate surface area is 120 Å². The maximum absolute atomic E-state index is 12.5. The van der Waals surface area contributed by atoms with Crippen molar-refractivity contribution in [2.75, 3.05) is 31.9 Å². The van der Waals surface area contributed by atoms with Crippen molar-refractivity contribution >= 4 is 11.6 Å². The van der Waals surface area contributed by atoms with Gasteiger partial charge in [0, 0.05) is 32.4 Å². The zero-order chi connectivity index (χ0) is 14.1. The Hall–Kier alpha value is -1.49. The molecule has 1 aromatic heterocycles. The third-order valence-corrected chi connectivity index (χ3v) is 4.60. The Morgan fingerprint density at radius 3 is 2.65 bits per heavy atom. The second kappa shape index (κ2) is 5.48. The number of nitrogens with zero attached hydrogens (tertiary/aromatic N) is 3. The number of piperidine rings is 1. The summed E-state index contributed by atoms with van der Waals surface area (Å²) in [7, 11) is 1.88. The first kappa shape index (κ1) is 13.5. The van der Waals surface area contributed by atoms with Crippen molar-refractivity contribution in [3.05, 3.63) is 18.0 Å². The molecule has 110 valence electrons. The predicted octanol–water partition coefficient (Wildman–Crippen LogP) is 1.31. The summed E-state index contributed by atoms with van der Waals surface area (Å²) in [6.45, 7) is 4.13. The zero-order valence-electron chi connectivity index (χ0n) is 12.2. The molecular weight excluding hydrogens is 252 g/mol. The van der Waals surface area contributed by atoms with Gasteiger partial charge >= 0.3 is 0 Å². The molecule has 5 nitrogen and oxygen atoms in total. The van der Waals surface area contributed by atoms with E-state index in [1.165, 1.54) is 32.4 Å². The molecule has 5 heteroatoms. The van der Waals surface area contributed by atoms with Crippen molar-refractivity contribution in [2.24, 2.45) is 7.05 Å². The van der Waals surface area contributed by atoms with Gasteiger partial charge in [-0.1, -0.05) is 6.42 Å². The van der Waals surface area contributed by atoms with Crippen LogP contribution in [0.5, 0.6) is 0 Å². The molecule has 1 unspecified atom stereocenters. The second-order valence-electron chi connectivity index (χ2n) is 6.06. The van der Waals surface area contributed by atoms with Crippen LogP contribution in [-0.2, 0) is 7.05 Å². The molecule has 2 saturated heterocycles. The first-order chi connectivity index (χ1) is 9.65. The van der Waals surface area contributed by atoms with Gasteiger partial charge in [0.25, 0.3) is 5.91 Å². The van der Waals surface area contributed by atoms with Crippen molar-refractivity contribution in [3.63, 3.8) is 0 Å². The van der Waals surface area contributed by atoms with Crippen molar-refractivity contribution in [2.45, 2.75) is 31.7 Å². The normalized spacial score (nSPS) is 24.2. The van der Waals surface area contributed by atoms with E-state index in [-0.39, 0.29) is 5.91 Å². The molecule has 2 aliphatic rings. The Balaban J connectivity index is 1.64. The third-order valence-electron chi connectivity index (χ3n) is 4.60. The number of rotatable bonds is 2. The molecule has 2 fully saturated rings. The molecule has 1 atom stereocenters. The molecule has 0 radical (unpaired) electrons. The second-order valence-corrected chi connectivity index (χ2v) is 6.06. The van der Waals surface area contributed by atoms with Gasteiger partial charge in [0.2, 0.25) is 0 Å². The number of nitrogens with two attached hydrogens (primary N) is 1. The monoisotopic (exact) mass is 276 g/mol. The lowest BCUT2D eigenvalue weighted by Crippen LogP contribution is -2.41. The molecule has 0 saturated carbocycles. The molecule has 20 heavy (non-hydrogen) atoms. The van der Waals surface area contributed by atoms with E-state index < -0.39 is 0 Å². The van der Waals surface area contributed by atoms with Crippen molar-refractivity contribution in [1.29, 1.82) is 0 Å². The van der Waals surface area contributed by atoms with Crippen LogP contribution in [0.3, 0.4) is 0 Å². The summed E-state index contributed by atoms with van der Waals surface area (Å²) in [6, 6.07) is 2.33. The van der Waals surface area contributed by atoms with E-state index in [2.05, 4.69) is 4.90 Å². The average Bonchev–Trinajstić information content (AvgIpc) is 3.06. The van der Waals surface area contributed by atoms with Crippen molar-refractivity contribution in [1.82, 2.24) is 14.4 Å². The molecule has 3 heterocycles. The molecule has 2 N–H and O–H groups in total. The molecule has 2 aliphatic heterocycles. The molecule has 1 aromatic rings. The van der Waals surface area contributed by atoms with E-state index in [1.807, 2.05) is 16.5 Å². The summed E-state index contributed by atoms with van der Waals surface area (Å²) >= 11 is 0. The highest BCUT2D eigenvalue weighted by molar-refractivity contribution is 5.94. The van der Waals surface area contributed by atoms with Crippen LogP contribution >= 0.6 is 0 Å². The minimum atomic E-state index is 0.115. The number of carbonyl (C=O) groups excluding carboxylic acids is 1. The quantitative estimate of drug-likeness (QED) is 0.886. The SMILES string of the molecule is Cn1cc(N)cc1C(=O)N1CCC(N2CCCCC2)C1. The van der Waals surface area contributed by atoms with E-state index in [4.69, 9.17) is 5.73 Å². The lowest BCUT2D eigenvalue weighted by atomic mass is 10.1. The zero-order valence-corrected chi connectivity index (χ0v) is 12.2. The molecule has 0 spiro atoms. The average molecular weight is 276 g/mol. The topological polar surface area (TPSA) is 54.5 Å². The van der Waals surface area contributed by atoms with Gasteiger partial charge in [0.05, 0.1) is 5.69 Å². The summed E-state index contributed by atoms with van der Waals surface area (Å²) in [5, 5.41) is 0. The number of hydrogen-bond donors (Lipinski definition) is 1. The van der Waals surface area contributed by atoms with Gasteiger partial charge in [-0.25, -0.2) is 0 Å². The molecule has 0 bridgehead atoms. The number of carbonyl (C=O) groups is 1. The first-order valence-corrected chi connectivity index (χ1v) is 7.60. The van der Waals surface area contributed by atoms with Crippen LogP contribution in [0.25, 0.3) is 0 Å². The maximum Gasteiger partial charge on any atom is 0.270 e. The van der Waals surface area contributed by atoms with Gasteiger partial charge in [0.15, 0.2) is 0 Å². The van der Waals surface area contributed by atoms with Gasteiger partial charge in [-0.2, -0.15) is 0 Å². The van der Waals surface area contributed by atoms with Gasteiger partial charge in [0.1, 0.15) is 5.69 Å². The molecule has 3 rings (SSSR count). The van der Waals surface area contributed by atoms with E-state index in [1.54, 1.807) is 12.3 Å². The highest BCUT2D eigenvalue weighted by atomic mass is 16.2. The van der Waals surface area contributed by atoms with Crippen molar-refractivity contribution < 1.29 is 4.79 Å². The highest BCUT2D eigenvalue weighted by Gasteiger charge is 2.32. The number of aromatic nitrogens is 1. The van der Waals surface area contributed by atoms with Crippen LogP contribution in [0.1, 0.15) is 36.2 Å². The van der Waals surface area contributed by atoms with Gasteiger partial charge < -0.3 is 15.2 Å². The van der Waals surface area contributed by atoms with E-state index in [9.17, 15) is 4.79 Å². The summed E-state index contributed by atoms with van der Waals surface area (Å²) in [5.74, 6) is 0.115. The van der Waals surface area contributed by atoms with Gasteiger partial charge in [-0.05, 0) is 38.4 Å². The maximum atomic E-state index is 12.5. The van der Waals surface area contributed by atoms with Crippen LogP contribution in [0.15, 0.2) is 12.3 Å². The molecule has 0 aliphatic carbocycles. The highest BCUT2D eigenvalue weighted by Crippen LogP contribution is 2.22. The van der Waals surface area contributed by atoms with Crippen LogP contribution < -0.4 is 5.73 Å². The Morgan fingerprint density at radius 1 is 1.25 bits per heavy atom. The van der Waals surface area contributed by atoms with Crippen LogP contribution in [0.2, 0.25) is 0 Å². The van der Waals surface area contributed by atoms with Crippen LogP contribution in [0.4, 0.5) is 5.69 Å². The number of aryl methyl sites for hydroxylation is 1. The van der Waals surface area contributed by atoms with Gasteiger partial charge in [-0.15, -0.1) is 0 Å². The standard InChI is InChI=1S/C15H24N4O/c1-17-10-12(16)9-14(17)15(20)19-8-5-13(11-19)18-6-3-2-4-7-18/h9-10,13H,2-8,11,16H2,1H3. The summed E-state index contributed by atoms with van der Waals surface area (Å²) in [5.41, 5.74) is 7.11. The number of nitrogen functional groups attached to an aromatic ring is 1. The Morgan fingerprint density at radius 2 is 2.00 bits per heavy atom. The fourth-order valence-corrected chi connectivity index (χ4v) is 3.47. The number of amides is 1. The lowest BCUT2D eigenvalue weighted by Gasteiger charge is -2.32. The fourth-order valence-electron chi connectivity index (χ4n) is 3.47. The molecule has 0 aromatic carbocycles. The Kier molecular flexibility index (Phi) is 3.70. The smallest absolute Gasteiger partial charge is 0.270 e.